The molecule has 1 aromatic carbocycles. The topological polar surface area (TPSA) is 67.6 Å². The number of hydrogen-bond donors (Lipinski definition) is 1. The Hall–Kier alpha value is -2.64. The Bertz CT molecular complexity index is 899. The monoisotopic (exact) mass is 348 g/mol. The van der Waals surface area contributed by atoms with Crippen LogP contribution in [0.1, 0.15) is 59.3 Å². The van der Waals surface area contributed by atoms with Crippen molar-refractivity contribution in [2.45, 2.75) is 37.8 Å². The first-order valence-electron chi connectivity index (χ1n) is 7.96. The molecule has 25 heavy (non-hydrogen) atoms. The molecule has 0 amide bonds. The zero-order valence-electron chi connectivity index (χ0n) is 13.3. The summed E-state index contributed by atoms with van der Waals surface area (Å²) >= 11 is 0. The van der Waals surface area contributed by atoms with Crippen LogP contribution >= 0.6 is 0 Å². The average molecular weight is 348 g/mol. The lowest BCUT2D eigenvalue weighted by atomic mass is 9.98. The molecule has 8 heteroatoms. The molecule has 2 atom stereocenters. The molecule has 130 valence electrons. The van der Waals surface area contributed by atoms with Crippen LogP contribution in [0.4, 0.5) is 13.2 Å². The van der Waals surface area contributed by atoms with Crippen LogP contribution in [-0.2, 0) is 12.6 Å². The Labute approximate surface area is 141 Å². The third kappa shape index (κ3) is 2.81. The van der Waals surface area contributed by atoms with E-state index in [4.69, 9.17) is 4.52 Å². The molecule has 0 spiro atoms. The number of fused-ring (bicyclic) bond motifs is 1. The van der Waals surface area contributed by atoms with Crippen LogP contribution in [0.2, 0.25) is 0 Å². The summed E-state index contributed by atoms with van der Waals surface area (Å²) in [5.74, 6) is 0.411. The number of alkyl halides is 3. The predicted molar refractivity (Wildman–Crippen MR) is 82.0 cm³/mol. The lowest BCUT2D eigenvalue weighted by Gasteiger charge is -2.11. The lowest BCUT2D eigenvalue weighted by Crippen LogP contribution is -2.07. The summed E-state index contributed by atoms with van der Waals surface area (Å²) in [6.45, 7) is 1.76. The van der Waals surface area contributed by atoms with Gasteiger partial charge in [0, 0.05) is 5.92 Å². The van der Waals surface area contributed by atoms with E-state index >= 15 is 0 Å². The van der Waals surface area contributed by atoms with Crippen molar-refractivity contribution in [1.82, 2.24) is 20.3 Å². The summed E-state index contributed by atoms with van der Waals surface area (Å²) < 4.78 is 44.1. The first-order valence-corrected chi connectivity index (χ1v) is 7.96. The molecule has 1 aliphatic carbocycles. The standard InChI is InChI=1S/C17H15F3N4O/c1-9(10-3-2-4-12(7-10)17(18,19)20)15-22-16(25-24-15)13-6-5-11-8-21-23-14(11)13/h2-4,7-9,13H,5-6H2,1H3,(H,21,23). The second-order valence-electron chi connectivity index (χ2n) is 6.24. The van der Waals surface area contributed by atoms with Crippen molar-refractivity contribution in [1.29, 1.82) is 0 Å². The number of nitrogens with one attached hydrogen (secondary N) is 1. The highest BCUT2D eigenvalue weighted by Gasteiger charge is 2.33. The number of benzene rings is 1. The number of H-pyrrole nitrogens is 1. The molecule has 1 aliphatic rings. The maximum absolute atomic E-state index is 12.9. The van der Waals surface area contributed by atoms with Gasteiger partial charge in [-0.3, -0.25) is 5.10 Å². The molecule has 0 radical (unpaired) electrons. The molecule has 0 bridgehead atoms. The van der Waals surface area contributed by atoms with Crippen molar-refractivity contribution < 1.29 is 17.7 Å². The van der Waals surface area contributed by atoms with E-state index in [-0.39, 0.29) is 5.92 Å². The van der Waals surface area contributed by atoms with Gasteiger partial charge < -0.3 is 4.52 Å². The molecular formula is C17H15F3N4O. The minimum atomic E-state index is -4.38. The zero-order chi connectivity index (χ0) is 17.6. The maximum atomic E-state index is 12.9. The second kappa shape index (κ2) is 5.72. The fourth-order valence-electron chi connectivity index (χ4n) is 3.21. The summed E-state index contributed by atoms with van der Waals surface area (Å²) in [5, 5.41) is 11.0. The van der Waals surface area contributed by atoms with Crippen molar-refractivity contribution in [2.75, 3.05) is 0 Å². The molecule has 2 heterocycles. The summed E-state index contributed by atoms with van der Waals surface area (Å²) in [7, 11) is 0. The van der Waals surface area contributed by atoms with E-state index in [1.807, 2.05) is 0 Å². The van der Waals surface area contributed by atoms with E-state index < -0.39 is 17.7 Å². The van der Waals surface area contributed by atoms with E-state index in [0.29, 0.717) is 17.3 Å². The van der Waals surface area contributed by atoms with Gasteiger partial charge in [-0.25, -0.2) is 0 Å². The number of rotatable bonds is 3. The number of aryl methyl sites for hydroxylation is 1. The normalized spacial score (nSPS) is 18.3. The van der Waals surface area contributed by atoms with Crippen LogP contribution in [0.3, 0.4) is 0 Å². The van der Waals surface area contributed by atoms with E-state index in [2.05, 4.69) is 20.3 Å². The van der Waals surface area contributed by atoms with Crippen LogP contribution < -0.4 is 0 Å². The Kier molecular flexibility index (Phi) is 3.63. The molecule has 0 saturated carbocycles. The van der Waals surface area contributed by atoms with E-state index in [1.54, 1.807) is 19.2 Å². The number of aromatic amines is 1. The first-order chi connectivity index (χ1) is 11.9. The van der Waals surface area contributed by atoms with Crippen molar-refractivity contribution in [2.24, 2.45) is 0 Å². The predicted octanol–water partition coefficient (Wildman–Crippen LogP) is 4.04. The molecule has 0 fully saturated rings. The van der Waals surface area contributed by atoms with Crippen molar-refractivity contribution >= 4 is 0 Å². The number of halogens is 3. The van der Waals surface area contributed by atoms with Crippen LogP contribution in [0.5, 0.6) is 0 Å². The van der Waals surface area contributed by atoms with Crippen LogP contribution in [0.25, 0.3) is 0 Å². The van der Waals surface area contributed by atoms with Gasteiger partial charge in [0.05, 0.1) is 23.4 Å². The van der Waals surface area contributed by atoms with Crippen molar-refractivity contribution in [3.8, 4) is 0 Å². The highest BCUT2D eigenvalue weighted by atomic mass is 19.4. The SMILES string of the molecule is CC(c1cccc(C(F)(F)F)c1)c1noc(C2CCc3cn[nH]c32)n1. The Balaban J connectivity index is 1.60. The summed E-state index contributed by atoms with van der Waals surface area (Å²) in [6, 6.07) is 5.21. The van der Waals surface area contributed by atoms with Crippen molar-refractivity contribution in [3.63, 3.8) is 0 Å². The van der Waals surface area contributed by atoms with Crippen LogP contribution in [-0.4, -0.2) is 20.3 Å². The lowest BCUT2D eigenvalue weighted by molar-refractivity contribution is -0.137. The Morgan fingerprint density at radius 3 is 2.96 bits per heavy atom. The molecule has 0 saturated heterocycles. The summed E-state index contributed by atoms with van der Waals surface area (Å²) in [5.41, 5.74) is 1.92. The molecular weight excluding hydrogens is 333 g/mol. The van der Waals surface area contributed by atoms with Gasteiger partial charge in [-0.2, -0.15) is 23.3 Å². The summed E-state index contributed by atoms with van der Waals surface area (Å²) in [4.78, 5) is 4.43. The van der Waals surface area contributed by atoms with Gasteiger partial charge in [0.1, 0.15) is 0 Å². The highest BCUT2D eigenvalue weighted by Crippen LogP contribution is 2.37. The van der Waals surface area contributed by atoms with Gasteiger partial charge in [-0.15, -0.1) is 0 Å². The van der Waals surface area contributed by atoms with Gasteiger partial charge in [-0.1, -0.05) is 30.3 Å². The molecule has 3 aromatic rings. The zero-order valence-corrected chi connectivity index (χ0v) is 13.3. The van der Waals surface area contributed by atoms with Gasteiger partial charge in [0.2, 0.25) is 5.89 Å². The molecule has 1 N–H and O–H groups in total. The van der Waals surface area contributed by atoms with E-state index in [1.165, 1.54) is 6.07 Å². The quantitative estimate of drug-likeness (QED) is 0.776. The molecule has 2 aromatic heterocycles. The number of hydrogen-bond acceptors (Lipinski definition) is 4. The molecule has 5 nitrogen and oxygen atoms in total. The van der Waals surface area contributed by atoms with Crippen molar-refractivity contribution in [3.05, 3.63) is 64.6 Å². The molecule has 2 unspecified atom stereocenters. The van der Waals surface area contributed by atoms with Gasteiger partial charge >= 0.3 is 6.18 Å². The molecule has 4 rings (SSSR count). The number of aromatic nitrogens is 4. The van der Waals surface area contributed by atoms with Crippen LogP contribution in [0, 0.1) is 0 Å². The first kappa shape index (κ1) is 15.9. The minimum absolute atomic E-state index is 0.0348. The van der Waals surface area contributed by atoms with E-state index in [9.17, 15) is 13.2 Å². The van der Waals surface area contributed by atoms with Crippen LogP contribution in [0.15, 0.2) is 35.0 Å². The van der Waals surface area contributed by atoms with E-state index in [0.717, 1.165) is 36.2 Å². The average Bonchev–Trinajstić information content (AvgIpc) is 3.29. The third-order valence-electron chi connectivity index (χ3n) is 4.66. The number of nitrogens with zero attached hydrogens (tertiary/aromatic N) is 3. The molecule has 0 aliphatic heterocycles. The Morgan fingerprint density at radius 2 is 2.16 bits per heavy atom. The minimum Gasteiger partial charge on any atom is -0.339 e. The highest BCUT2D eigenvalue weighted by molar-refractivity contribution is 5.33. The maximum Gasteiger partial charge on any atom is 0.416 e. The summed E-state index contributed by atoms with van der Waals surface area (Å²) in [6.07, 6.45) is -0.850. The van der Waals surface area contributed by atoms with Gasteiger partial charge in [-0.05, 0) is 30.0 Å². The smallest absolute Gasteiger partial charge is 0.339 e. The fraction of sp³-hybridized carbons (Fsp3) is 0.353. The van der Waals surface area contributed by atoms with Gasteiger partial charge in [0.15, 0.2) is 5.82 Å². The third-order valence-corrected chi connectivity index (χ3v) is 4.66. The largest absolute Gasteiger partial charge is 0.416 e. The van der Waals surface area contributed by atoms with Gasteiger partial charge in [0.25, 0.3) is 0 Å². The second-order valence-corrected chi connectivity index (χ2v) is 6.24. The Morgan fingerprint density at radius 1 is 1.32 bits per heavy atom. The fourth-order valence-corrected chi connectivity index (χ4v) is 3.21.